The quantitative estimate of drug-likeness (QED) is 0.819. The molecule has 19 heavy (non-hydrogen) atoms. The van der Waals surface area contributed by atoms with Crippen molar-refractivity contribution in [1.29, 1.82) is 0 Å². The molecule has 0 saturated carbocycles. The summed E-state index contributed by atoms with van der Waals surface area (Å²) in [5, 5.41) is 0. The molecule has 104 valence electrons. The summed E-state index contributed by atoms with van der Waals surface area (Å²) in [6.07, 6.45) is 3.53. The van der Waals surface area contributed by atoms with Crippen LogP contribution in [-0.4, -0.2) is 48.7 Å². The zero-order chi connectivity index (χ0) is 13.1. The molecule has 3 rings (SSSR count). The van der Waals surface area contributed by atoms with E-state index >= 15 is 0 Å². The van der Waals surface area contributed by atoms with E-state index in [9.17, 15) is 0 Å². The molecule has 1 aromatic heterocycles. The smallest absolute Gasteiger partial charge is 0.218 e. The maximum absolute atomic E-state index is 5.77. The average molecular weight is 265 g/mol. The molecule has 0 aromatic carbocycles. The molecule has 2 aliphatic rings. The van der Waals surface area contributed by atoms with E-state index in [1.165, 1.54) is 6.33 Å². The summed E-state index contributed by atoms with van der Waals surface area (Å²) in [5.41, 5.74) is 0. The van der Waals surface area contributed by atoms with Crippen molar-refractivity contribution >= 4 is 5.82 Å². The van der Waals surface area contributed by atoms with Gasteiger partial charge in [-0.25, -0.2) is 9.97 Å². The van der Waals surface area contributed by atoms with Gasteiger partial charge in [-0.1, -0.05) is 0 Å². The summed E-state index contributed by atoms with van der Waals surface area (Å²) in [5.74, 6) is 1.05. The van der Waals surface area contributed by atoms with E-state index in [0.717, 1.165) is 31.7 Å². The van der Waals surface area contributed by atoms with E-state index < -0.39 is 5.79 Å². The number of hydrogen-bond donors (Lipinski definition) is 0. The lowest BCUT2D eigenvalue weighted by molar-refractivity contribution is -0.161. The summed E-state index contributed by atoms with van der Waals surface area (Å²) >= 11 is 0. The molecule has 0 atom stereocenters. The highest BCUT2D eigenvalue weighted by Gasteiger charge is 2.41. The first kappa shape index (κ1) is 12.6. The fourth-order valence-corrected chi connectivity index (χ4v) is 2.65. The van der Waals surface area contributed by atoms with E-state index in [-0.39, 0.29) is 0 Å². The molecule has 0 unspecified atom stereocenters. The maximum atomic E-state index is 5.77. The van der Waals surface area contributed by atoms with Gasteiger partial charge in [0.1, 0.15) is 12.1 Å². The van der Waals surface area contributed by atoms with Crippen molar-refractivity contribution in [3.8, 4) is 5.88 Å². The third-order valence-corrected chi connectivity index (χ3v) is 3.47. The lowest BCUT2D eigenvalue weighted by Crippen LogP contribution is -2.49. The van der Waals surface area contributed by atoms with Gasteiger partial charge >= 0.3 is 0 Å². The largest absolute Gasteiger partial charge is 0.478 e. The molecular weight excluding hydrogens is 246 g/mol. The van der Waals surface area contributed by atoms with Crippen molar-refractivity contribution in [2.24, 2.45) is 0 Å². The Morgan fingerprint density at radius 1 is 1.37 bits per heavy atom. The molecule has 2 saturated heterocycles. The molecule has 1 spiro atoms. The summed E-state index contributed by atoms with van der Waals surface area (Å²) in [6.45, 7) is 5.58. The normalized spacial score (nSPS) is 21.8. The predicted molar refractivity (Wildman–Crippen MR) is 69.3 cm³/mol. The van der Waals surface area contributed by atoms with E-state index in [0.29, 0.717) is 25.7 Å². The van der Waals surface area contributed by atoms with Gasteiger partial charge in [0.15, 0.2) is 5.79 Å². The maximum Gasteiger partial charge on any atom is 0.218 e. The molecule has 3 heterocycles. The molecule has 0 amide bonds. The number of aromatic nitrogens is 2. The highest BCUT2D eigenvalue weighted by atomic mass is 16.7. The van der Waals surface area contributed by atoms with Gasteiger partial charge in [-0.2, -0.15) is 0 Å². The summed E-state index contributed by atoms with van der Waals surface area (Å²) in [6, 6.07) is 1.87. The van der Waals surface area contributed by atoms with Crippen molar-refractivity contribution in [1.82, 2.24) is 9.97 Å². The van der Waals surface area contributed by atoms with Crippen LogP contribution in [0.25, 0.3) is 0 Å². The van der Waals surface area contributed by atoms with Crippen LogP contribution in [0.15, 0.2) is 12.4 Å². The molecule has 2 aliphatic heterocycles. The summed E-state index contributed by atoms with van der Waals surface area (Å²) < 4.78 is 17.0. The standard InChI is InChI=1S/C13H19N3O3/c1-2-17-12-8-11(14-10-15-12)16-5-3-4-13(9-16)18-6-7-19-13/h8,10H,2-7,9H2,1H3. The number of anilines is 1. The van der Waals surface area contributed by atoms with Crippen LogP contribution in [0.3, 0.4) is 0 Å². The summed E-state index contributed by atoms with van der Waals surface area (Å²) in [4.78, 5) is 10.6. The lowest BCUT2D eigenvalue weighted by atomic mass is 10.0. The first-order valence-corrected chi connectivity index (χ1v) is 6.79. The third-order valence-electron chi connectivity index (χ3n) is 3.47. The van der Waals surface area contributed by atoms with Crippen LogP contribution in [0.4, 0.5) is 5.82 Å². The molecule has 6 nitrogen and oxygen atoms in total. The van der Waals surface area contributed by atoms with Crippen LogP contribution in [0.5, 0.6) is 5.88 Å². The zero-order valence-corrected chi connectivity index (χ0v) is 11.2. The minimum absolute atomic E-state index is 0.436. The highest BCUT2D eigenvalue weighted by molar-refractivity contribution is 5.41. The second-order valence-corrected chi connectivity index (χ2v) is 4.78. The van der Waals surface area contributed by atoms with Gasteiger partial charge in [-0.05, 0) is 13.3 Å². The van der Waals surface area contributed by atoms with Gasteiger partial charge < -0.3 is 19.1 Å². The van der Waals surface area contributed by atoms with Crippen molar-refractivity contribution in [2.75, 3.05) is 37.8 Å². The predicted octanol–water partition coefficient (Wildman–Crippen LogP) is 1.22. The Bertz CT molecular complexity index is 435. The first-order valence-electron chi connectivity index (χ1n) is 6.79. The average Bonchev–Trinajstić information content (AvgIpc) is 2.87. The Labute approximate surface area is 112 Å². The minimum atomic E-state index is -0.436. The highest BCUT2D eigenvalue weighted by Crippen LogP contribution is 2.32. The lowest BCUT2D eigenvalue weighted by Gasteiger charge is -2.39. The molecule has 0 aliphatic carbocycles. The van der Waals surface area contributed by atoms with Crippen LogP contribution in [0.1, 0.15) is 19.8 Å². The fourth-order valence-electron chi connectivity index (χ4n) is 2.65. The SMILES string of the molecule is CCOc1cc(N2CCCC3(C2)OCCO3)ncn1. The van der Waals surface area contributed by atoms with Crippen LogP contribution in [-0.2, 0) is 9.47 Å². The second-order valence-electron chi connectivity index (χ2n) is 4.78. The van der Waals surface area contributed by atoms with Crippen molar-refractivity contribution in [3.63, 3.8) is 0 Å². The monoisotopic (exact) mass is 265 g/mol. The Kier molecular flexibility index (Phi) is 3.52. The van der Waals surface area contributed by atoms with Crippen molar-refractivity contribution in [2.45, 2.75) is 25.6 Å². The summed E-state index contributed by atoms with van der Waals surface area (Å²) in [7, 11) is 0. The topological polar surface area (TPSA) is 56.7 Å². The number of ether oxygens (including phenoxy) is 3. The fraction of sp³-hybridized carbons (Fsp3) is 0.692. The molecule has 1 aromatic rings. The zero-order valence-electron chi connectivity index (χ0n) is 11.2. The Balaban J connectivity index is 1.75. The Hall–Kier alpha value is -1.40. The molecule has 0 N–H and O–H groups in total. The first-order chi connectivity index (χ1) is 9.31. The van der Waals surface area contributed by atoms with Crippen LogP contribution < -0.4 is 9.64 Å². The van der Waals surface area contributed by atoms with Gasteiger partial charge in [-0.3, -0.25) is 0 Å². The molecular formula is C13H19N3O3. The molecule has 0 radical (unpaired) electrons. The number of piperidine rings is 1. The molecule has 2 fully saturated rings. The second kappa shape index (κ2) is 5.30. The number of hydrogen-bond acceptors (Lipinski definition) is 6. The Morgan fingerprint density at radius 3 is 3.00 bits per heavy atom. The molecule has 0 bridgehead atoms. The molecule has 6 heteroatoms. The van der Waals surface area contributed by atoms with Crippen LogP contribution in [0, 0.1) is 0 Å². The number of nitrogens with zero attached hydrogens (tertiary/aromatic N) is 3. The van der Waals surface area contributed by atoms with Gasteiger partial charge in [0.2, 0.25) is 5.88 Å². The Morgan fingerprint density at radius 2 is 2.21 bits per heavy atom. The van der Waals surface area contributed by atoms with Crippen molar-refractivity contribution in [3.05, 3.63) is 12.4 Å². The van der Waals surface area contributed by atoms with Gasteiger partial charge in [0.25, 0.3) is 0 Å². The van der Waals surface area contributed by atoms with E-state index in [1.807, 2.05) is 13.0 Å². The van der Waals surface area contributed by atoms with E-state index in [1.54, 1.807) is 0 Å². The van der Waals surface area contributed by atoms with Gasteiger partial charge in [0.05, 0.1) is 26.4 Å². The van der Waals surface area contributed by atoms with Gasteiger partial charge in [-0.15, -0.1) is 0 Å². The van der Waals surface area contributed by atoms with E-state index in [2.05, 4.69) is 14.9 Å². The number of rotatable bonds is 3. The van der Waals surface area contributed by atoms with Crippen molar-refractivity contribution < 1.29 is 14.2 Å². The van der Waals surface area contributed by atoms with Crippen LogP contribution >= 0.6 is 0 Å². The minimum Gasteiger partial charge on any atom is -0.478 e. The van der Waals surface area contributed by atoms with Crippen LogP contribution in [0.2, 0.25) is 0 Å². The van der Waals surface area contributed by atoms with E-state index in [4.69, 9.17) is 14.2 Å². The third kappa shape index (κ3) is 2.64. The van der Waals surface area contributed by atoms with Gasteiger partial charge in [0, 0.05) is 19.0 Å².